The predicted octanol–water partition coefficient (Wildman–Crippen LogP) is 3.34. The topological polar surface area (TPSA) is 175 Å². The number of hydrogen-bond acceptors (Lipinski definition) is 7. The highest BCUT2D eigenvalue weighted by Gasteiger charge is 2.30. The van der Waals surface area contributed by atoms with Gasteiger partial charge in [0.25, 0.3) is 5.91 Å². The van der Waals surface area contributed by atoms with Gasteiger partial charge in [-0.2, -0.15) is 0 Å². The summed E-state index contributed by atoms with van der Waals surface area (Å²) in [5.74, 6) is -1.35. The van der Waals surface area contributed by atoms with Gasteiger partial charge < -0.3 is 36.1 Å². The van der Waals surface area contributed by atoms with Gasteiger partial charge >= 0.3 is 0 Å². The van der Waals surface area contributed by atoms with E-state index in [-0.39, 0.29) is 30.2 Å². The standard InChI is InChI=1S/C35H40N6O6/c1-18(2)30-35(46)37-21(5)32(43)39-27(34(45)36-15-14-29-38-26-12-6-19(3)20(4)31(26)40-29)16-22-7-9-23(10-8-22)47-24-11-13-28(42)25(17-24)33(44)41-30/h6-13,17-18,21,27,30,42H,14-16H2,1-5H3,(H,36,45)(H,37,46)(H,38,40)(H,39,43)(H,41,44)/t21-,27-,30-/m0/s1. The van der Waals surface area contributed by atoms with Gasteiger partial charge in [0, 0.05) is 19.4 Å². The first-order valence-electron chi connectivity index (χ1n) is 15.6. The third-order valence-corrected chi connectivity index (χ3v) is 8.32. The van der Waals surface area contributed by atoms with E-state index in [9.17, 15) is 24.3 Å². The highest BCUT2D eigenvalue weighted by molar-refractivity contribution is 6.00. The van der Waals surface area contributed by atoms with Crippen LogP contribution in [-0.4, -0.2) is 63.4 Å². The lowest BCUT2D eigenvalue weighted by molar-refractivity contribution is -0.132. The zero-order chi connectivity index (χ0) is 33.8. The van der Waals surface area contributed by atoms with Crippen molar-refractivity contribution in [3.8, 4) is 17.2 Å². The van der Waals surface area contributed by atoms with Crippen LogP contribution in [0.3, 0.4) is 0 Å². The number of nitrogens with zero attached hydrogens (tertiary/aromatic N) is 1. The number of phenolic OH excluding ortho intramolecular Hbond substituents is 1. The fraction of sp³-hybridized carbons (Fsp3) is 0.343. The molecule has 4 bridgehead atoms. The second kappa shape index (κ2) is 13.9. The average Bonchev–Trinajstić information content (AvgIpc) is 3.46. The molecule has 2 aliphatic heterocycles. The van der Waals surface area contributed by atoms with Crippen molar-refractivity contribution in [3.05, 3.63) is 82.7 Å². The van der Waals surface area contributed by atoms with Crippen molar-refractivity contribution in [2.24, 2.45) is 5.92 Å². The number of hydrogen-bond donors (Lipinski definition) is 6. The Morgan fingerprint density at radius 1 is 0.979 bits per heavy atom. The minimum absolute atomic E-state index is 0.0659. The number of aromatic nitrogens is 2. The molecule has 12 heteroatoms. The number of carbonyl (C=O) groups excluding carboxylic acids is 4. The molecule has 3 aromatic carbocycles. The molecule has 3 atom stereocenters. The fourth-order valence-electron chi connectivity index (χ4n) is 5.36. The Morgan fingerprint density at radius 3 is 2.43 bits per heavy atom. The SMILES string of the molecule is Cc1ccc2[nH]c(CCNC(=O)[C@@H]3Cc4ccc(cc4)Oc4ccc(O)c(c4)C(=O)N[C@@H](C(C)C)C(=O)N[C@@H](C)C(=O)N3)nc2c1C. The third kappa shape index (κ3) is 7.71. The summed E-state index contributed by atoms with van der Waals surface area (Å²) in [5, 5.41) is 21.4. The number of phenols is 1. The number of aromatic hydroxyl groups is 1. The van der Waals surface area contributed by atoms with E-state index in [1.807, 2.05) is 26.0 Å². The van der Waals surface area contributed by atoms with E-state index in [2.05, 4.69) is 26.3 Å². The van der Waals surface area contributed by atoms with Crippen molar-refractivity contribution in [1.29, 1.82) is 0 Å². The molecule has 6 N–H and O–H groups in total. The van der Waals surface area contributed by atoms with Gasteiger partial charge in [0.15, 0.2) is 0 Å². The molecule has 4 amide bonds. The highest BCUT2D eigenvalue weighted by atomic mass is 16.5. The van der Waals surface area contributed by atoms with Gasteiger partial charge in [-0.3, -0.25) is 19.2 Å². The zero-order valence-electron chi connectivity index (χ0n) is 27.1. The van der Waals surface area contributed by atoms with Crippen LogP contribution in [0.4, 0.5) is 0 Å². The summed E-state index contributed by atoms with van der Waals surface area (Å²) < 4.78 is 5.92. The van der Waals surface area contributed by atoms with Crippen LogP contribution in [-0.2, 0) is 27.2 Å². The van der Waals surface area contributed by atoms with E-state index >= 15 is 0 Å². The summed E-state index contributed by atoms with van der Waals surface area (Å²) in [4.78, 5) is 61.2. The second-order valence-electron chi connectivity index (χ2n) is 12.2. The first-order chi connectivity index (χ1) is 22.4. The molecule has 0 saturated carbocycles. The molecule has 2 aliphatic rings. The molecule has 1 aromatic heterocycles. The van der Waals surface area contributed by atoms with E-state index < -0.39 is 41.8 Å². The van der Waals surface area contributed by atoms with Crippen molar-refractivity contribution >= 4 is 34.7 Å². The van der Waals surface area contributed by atoms with E-state index in [0.29, 0.717) is 17.9 Å². The Balaban J connectivity index is 1.37. The van der Waals surface area contributed by atoms with Crippen molar-refractivity contribution in [2.75, 3.05) is 6.54 Å². The summed E-state index contributed by atoms with van der Waals surface area (Å²) in [6.45, 7) is 9.35. The molecule has 4 aromatic rings. The maximum Gasteiger partial charge on any atom is 0.255 e. The van der Waals surface area contributed by atoms with Gasteiger partial charge in [0.2, 0.25) is 17.7 Å². The summed E-state index contributed by atoms with van der Waals surface area (Å²) in [6.07, 6.45) is 0.634. The molecule has 0 unspecified atom stereocenters. The quantitative estimate of drug-likeness (QED) is 0.181. The number of nitrogens with one attached hydrogen (secondary N) is 5. The van der Waals surface area contributed by atoms with Crippen molar-refractivity contribution in [1.82, 2.24) is 31.2 Å². The van der Waals surface area contributed by atoms with E-state index in [1.54, 1.807) is 38.1 Å². The maximum atomic E-state index is 13.5. The predicted molar refractivity (Wildman–Crippen MR) is 176 cm³/mol. The highest BCUT2D eigenvalue weighted by Crippen LogP contribution is 2.28. The van der Waals surface area contributed by atoms with Gasteiger partial charge in [0.05, 0.1) is 16.6 Å². The number of imidazole rings is 1. The van der Waals surface area contributed by atoms with Gasteiger partial charge in [-0.15, -0.1) is 0 Å². The maximum absolute atomic E-state index is 13.5. The molecule has 0 saturated heterocycles. The number of amides is 4. The number of H-pyrrole nitrogens is 1. The largest absolute Gasteiger partial charge is 0.507 e. The second-order valence-corrected chi connectivity index (χ2v) is 12.2. The number of carbonyl (C=O) groups is 4. The summed E-state index contributed by atoms with van der Waals surface area (Å²) >= 11 is 0. The fourth-order valence-corrected chi connectivity index (χ4v) is 5.36. The number of aryl methyl sites for hydroxylation is 2. The monoisotopic (exact) mass is 640 g/mol. The van der Waals surface area contributed by atoms with Crippen molar-refractivity contribution in [3.63, 3.8) is 0 Å². The Hall–Kier alpha value is -5.39. The van der Waals surface area contributed by atoms with E-state index in [0.717, 1.165) is 33.5 Å². The summed E-state index contributed by atoms with van der Waals surface area (Å²) in [5.41, 5.74) is 4.76. The first-order valence-corrected chi connectivity index (χ1v) is 15.6. The number of fused-ring (bicyclic) bond motifs is 12. The van der Waals surface area contributed by atoms with Crippen LogP contribution < -0.4 is 26.0 Å². The lowest BCUT2D eigenvalue weighted by Crippen LogP contribution is -2.57. The smallest absolute Gasteiger partial charge is 0.255 e. The lowest BCUT2D eigenvalue weighted by Gasteiger charge is -2.25. The molecule has 0 spiro atoms. The van der Waals surface area contributed by atoms with Crippen LogP contribution in [0, 0.1) is 19.8 Å². The molecule has 246 valence electrons. The number of rotatable bonds is 5. The number of aromatic amines is 1. The first kappa shape index (κ1) is 33.0. The third-order valence-electron chi connectivity index (χ3n) is 8.32. The molecular weight excluding hydrogens is 600 g/mol. The van der Waals surface area contributed by atoms with Crippen LogP contribution in [0.25, 0.3) is 11.0 Å². The Bertz CT molecular complexity index is 1820. The van der Waals surface area contributed by atoms with Crippen LogP contribution in [0.5, 0.6) is 17.2 Å². The van der Waals surface area contributed by atoms with E-state index in [4.69, 9.17) is 9.72 Å². The van der Waals surface area contributed by atoms with Gasteiger partial charge in [-0.05, 0) is 79.8 Å². The van der Waals surface area contributed by atoms with E-state index in [1.165, 1.54) is 25.1 Å². The van der Waals surface area contributed by atoms with Crippen LogP contribution in [0.15, 0.2) is 54.6 Å². The van der Waals surface area contributed by atoms with Gasteiger partial charge in [-0.25, -0.2) is 4.98 Å². The number of ether oxygens (including phenoxy) is 1. The van der Waals surface area contributed by atoms with Crippen LogP contribution in [0.2, 0.25) is 0 Å². The minimum Gasteiger partial charge on any atom is -0.507 e. The molecule has 3 heterocycles. The summed E-state index contributed by atoms with van der Waals surface area (Å²) in [6, 6.07) is 12.3. The molecule has 0 radical (unpaired) electrons. The molecule has 12 nitrogen and oxygen atoms in total. The van der Waals surface area contributed by atoms with Crippen molar-refractivity contribution < 1.29 is 29.0 Å². The van der Waals surface area contributed by atoms with Gasteiger partial charge in [-0.1, -0.05) is 32.0 Å². The Morgan fingerprint density at radius 2 is 1.70 bits per heavy atom. The Kier molecular flexibility index (Phi) is 9.78. The minimum atomic E-state index is -1.02. The molecule has 0 aliphatic carbocycles. The number of benzene rings is 3. The average molecular weight is 641 g/mol. The normalized spacial score (nSPS) is 18.9. The molecule has 6 rings (SSSR count). The molecule has 47 heavy (non-hydrogen) atoms. The Labute approximate surface area is 272 Å². The molecule has 0 fully saturated rings. The van der Waals surface area contributed by atoms with Crippen LogP contribution in [0.1, 0.15) is 53.6 Å². The zero-order valence-corrected chi connectivity index (χ0v) is 27.1. The molecular formula is C35H40N6O6. The van der Waals surface area contributed by atoms with Crippen molar-refractivity contribution in [2.45, 2.75) is 65.6 Å². The van der Waals surface area contributed by atoms with Crippen LogP contribution >= 0.6 is 0 Å². The lowest BCUT2D eigenvalue weighted by atomic mass is 10.0. The summed E-state index contributed by atoms with van der Waals surface area (Å²) in [7, 11) is 0. The van der Waals surface area contributed by atoms with Gasteiger partial charge in [0.1, 0.15) is 41.2 Å².